The van der Waals surface area contributed by atoms with Crippen LogP contribution in [0.5, 0.6) is 0 Å². The van der Waals surface area contributed by atoms with Crippen LogP contribution in [0.1, 0.15) is 11.5 Å². The van der Waals surface area contributed by atoms with Gasteiger partial charge in [-0.3, -0.25) is 0 Å². The molecule has 0 bridgehead atoms. The monoisotopic (exact) mass is 311 g/mol. The van der Waals surface area contributed by atoms with Gasteiger partial charge in [-0.05, 0) is 0 Å². The Morgan fingerprint density at radius 2 is 2.05 bits per heavy atom. The molecule has 7 nitrogen and oxygen atoms in total. The summed E-state index contributed by atoms with van der Waals surface area (Å²) in [5, 5.41) is 3.92. The molecule has 3 rings (SSSR count). The number of hydrogen-bond donors (Lipinski definition) is 0. The van der Waals surface area contributed by atoms with Gasteiger partial charge < -0.3 is 9.47 Å². The topological polar surface area (TPSA) is 64.1 Å². The van der Waals surface area contributed by atoms with Crippen molar-refractivity contribution in [1.82, 2.24) is 29.1 Å². The number of aryl methyl sites for hydroxylation is 1. The Balaban J connectivity index is 2.05. The van der Waals surface area contributed by atoms with Gasteiger partial charge >= 0.3 is 6.18 Å². The van der Waals surface area contributed by atoms with Crippen LogP contribution in [-0.2, 0) is 19.8 Å². The van der Waals surface area contributed by atoms with Gasteiger partial charge in [-0.2, -0.15) is 27.8 Å². The second-order valence-electron chi connectivity index (χ2n) is 4.78. The summed E-state index contributed by atoms with van der Waals surface area (Å²) in [6, 6.07) is 0.949. The molecule has 10 heteroatoms. The number of aromatic nitrogens is 6. The van der Waals surface area contributed by atoms with Crippen LogP contribution in [0.15, 0.2) is 24.8 Å². The molecule has 3 aromatic heterocycles. The van der Waals surface area contributed by atoms with E-state index < -0.39 is 11.9 Å². The molecule has 0 aliphatic carbocycles. The lowest BCUT2D eigenvalue weighted by Crippen LogP contribution is -2.23. The van der Waals surface area contributed by atoms with Crippen molar-refractivity contribution in [2.45, 2.75) is 12.7 Å². The first-order valence-electron chi connectivity index (χ1n) is 6.31. The number of halogens is 3. The van der Waals surface area contributed by atoms with E-state index in [9.17, 15) is 13.2 Å². The van der Waals surface area contributed by atoms with Crippen molar-refractivity contribution in [3.05, 3.63) is 36.3 Å². The molecule has 0 radical (unpaired) electrons. The number of hydrogen-bond acceptors (Lipinski definition) is 5. The number of anilines is 1. The first-order valence-corrected chi connectivity index (χ1v) is 6.31. The number of alkyl halides is 3. The summed E-state index contributed by atoms with van der Waals surface area (Å²) in [4.78, 5) is 13.0. The van der Waals surface area contributed by atoms with E-state index in [0.29, 0.717) is 12.4 Å². The highest BCUT2D eigenvalue weighted by atomic mass is 19.4. The van der Waals surface area contributed by atoms with Crippen LogP contribution in [0.25, 0.3) is 5.78 Å². The maximum atomic E-state index is 13.0. The smallest absolute Gasteiger partial charge is 0.352 e. The van der Waals surface area contributed by atoms with E-state index in [0.717, 1.165) is 6.07 Å². The third kappa shape index (κ3) is 2.47. The zero-order valence-electron chi connectivity index (χ0n) is 11.8. The van der Waals surface area contributed by atoms with Crippen molar-refractivity contribution in [2.75, 3.05) is 11.9 Å². The van der Waals surface area contributed by atoms with Gasteiger partial charge in [0.25, 0.3) is 5.78 Å². The van der Waals surface area contributed by atoms with Crippen LogP contribution >= 0.6 is 0 Å². The predicted octanol–water partition coefficient (Wildman–Crippen LogP) is 1.51. The van der Waals surface area contributed by atoms with Crippen molar-refractivity contribution in [3.8, 4) is 0 Å². The second-order valence-corrected chi connectivity index (χ2v) is 4.78. The molecule has 0 aromatic carbocycles. The molecule has 0 saturated carbocycles. The Morgan fingerprint density at radius 1 is 1.27 bits per heavy atom. The average Bonchev–Trinajstić information content (AvgIpc) is 3.06. The molecule has 0 N–H and O–H groups in total. The molecule has 0 atom stereocenters. The number of rotatable bonds is 3. The molecular weight excluding hydrogens is 299 g/mol. The quantitative estimate of drug-likeness (QED) is 0.734. The minimum absolute atomic E-state index is 0.100. The standard InChI is InChI=1S/C12H12F3N7/c1-20-4-3-16-9(20)6-21(2)10-5-8(12(13,14)15)19-11-17-7-18-22(10)11/h3-5,7H,6H2,1-2H3. The maximum Gasteiger partial charge on any atom is 0.433 e. The SMILES string of the molecule is CN(Cc1nccn1C)c1cc(C(F)(F)F)nc2ncnn12. The lowest BCUT2D eigenvalue weighted by molar-refractivity contribution is -0.141. The Labute approximate surface area is 123 Å². The van der Waals surface area contributed by atoms with E-state index in [-0.39, 0.29) is 11.6 Å². The second kappa shape index (κ2) is 4.97. The highest BCUT2D eigenvalue weighted by Crippen LogP contribution is 2.30. The fourth-order valence-corrected chi connectivity index (χ4v) is 2.06. The zero-order chi connectivity index (χ0) is 15.9. The molecule has 0 aliphatic heterocycles. The van der Waals surface area contributed by atoms with Crippen LogP contribution < -0.4 is 4.90 Å². The molecule has 0 amide bonds. The van der Waals surface area contributed by atoms with Crippen molar-refractivity contribution in [1.29, 1.82) is 0 Å². The highest BCUT2D eigenvalue weighted by Gasteiger charge is 2.34. The molecule has 3 aromatic rings. The molecule has 22 heavy (non-hydrogen) atoms. The summed E-state index contributed by atoms with van der Waals surface area (Å²) in [7, 11) is 3.47. The van der Waals surface area contributed by atoms with Gasteiger partial charge in [0.05, 0.1) is 6.54 Å². The van der Waals surface area contributed by atoms with Gasteiger partial charge in [0.1, 0.15) is 18.0 Å². The van der Waals surface area contributed by atoms with E-state index in [1.807, 2.05) is 7.05 Å². The summed E-state index contributed by atoms with van der Waals surface area (Å²) < 4.78 is 41.9. The number of fused-ring (bicyclic) bond motifs is 1. The minimum atomic E-state index is -4.55. The van der Waals surface area contributed by atoms with Crippen LogP contribution in [-0.4, -0.2) is 36.2 Å². The largest absolute Gasteiger partial charge is 0.433 e. The minimum Gasteiger partial charge on any atom is -0.352 e. The van der Waals surface area contributed by atoms with Crippen LogP contribution in [0.3, 0.4) is 0 Å². The van der Waals surface area contributed by atoms with E-state index in [1.54, 1.807) is 28.9 Å². The van der Waals surface area contributed by atoms with Gasteiger partial charge in [-0.15, -0.1) is 0 Å². The van der Waals surface area contributed by atoms with Gasteiger partial charge in [0.2, 0.25) is 0 Å². The molecule has 0 saturated heterocycles. The van der Waals surface area contributed by atoms with Crippen LogP contribution in [0.2, 0.25) is 0 Å². The Bertz CT molecular complexity index is 805. The number of imidazole rings is 1. The normalized spacial score (nSPS) is 12.0. The lowest BCUT2D eigenvalue weighted by atomic mass is 10.3. The Morgan fingerprint density at radius 3 is 2.68 bits per heavy atom. The average molecular weight is 311 g/mol. The first-order chi connectivity index (χ1) is 10.4. The van der Waals surface area contributed by atoms with Gasteiger partial charge in [-0.1, -0.05) is 0 Å². The maximum absolute atomic E-state index is 13.0. The van der Waals surface area contributed by atoms with E-state index in [1.165, 1.54) is 10.8 Å². The number of nitrogens with zero attached hydrogens (tertiary/aromatic N) is 7. The Hall–Kier alpha value is -2.65. The van der Waals surface area contributed by atoms with E-state index in [4.69, 9.17) is 0 Å². The zero-order valence-corrected chi connectivity index (χ0v) is 11.8. The summed E-state index contributed by atoms with van der Waals surface area (Å²) in [5.41, 5.74) is -1.00. The fraction of sp³-hybridized carbons (Fsp3) is 0.333. The molecule has 0 unspecified atom stereocenters. The first kappa shape index (κ1) is 14.3. The summed E-state index contributed by atoms with van der Waals surface area (Å²) in [6.45, 7) is 0.319. The van der Waals surface area contributed by atoms with Crippen molar-refractivity contribution in [3.63, 3.8) is 0 Å². The van der Waals surface area contributed by atoms with Crippen LogP contribution in [0, 0.1) is 0 Å². The highest BCUT2D eigenvalue weighted by molar-refractivity contribution is 5.47. The van der Waals surface area contributed by atoms with Crippen molar-refractivity contribution < 1.29 is 13.2 Å². The molecule has 3 heterocycles. The van der Waals surface area contributed by atoms with E-state index >= 15 is 0 Å². The molecular formula is C12H12F3N7. The lowest BCUT2D eigenvalue weighted by Gasteiger charge is -2.20. The molecule has 0 spiro atoms. The fourth-order valence-electron chi connectivity index (χ4n) is 2.06. The van der Waals surface area contributed by atoms with Gasteiger partial charge in [-0.25, -0.2) is 9.97 Å². The molecule has 116 valence electrons. The predicted molar refractivity (Wildman–Crippen MR) is 71.1 cm³/mol. The summed E-state index contributed by atoms with van der Waals surface area (Å²) >= 11 is 0. The molecule has 0 aliphatic rings. The Kier molecular flexibility index (Phi) is 3.23. The third-order valence-corrected chi connectivity index (χ3v) is 3.21. The summed E-state index contributed by atoms with van der Waals surface area (Å²) in [5.74, 6) is 0.843. The van der Waals surface area contributed by atoms with Crippen LogP contribution in [0.4, 0.5) is 19.0 Å². The molecule has 0 fully saturated rings. The van der Waals surface area contributed by atoms with Crippen molar-refractivity contribution >= 4 is 11.6 Å². The van der Waals surface area contributed by atoms with Gasteiger partial charge in [0.15, 0.2) is 5.69 Å². The summed E-state index contributed by atoms with van der Waals surface area (Å²) in [6.07, 6.45) is 0.0109. The van der Waals surface area contributed by atoms with Gasteiger partial charge in [0, 0.05) is 32.6 Å². The third-order valence-electron chi connectivity index (χ3n) is 3.21. The van der Waals surface area contributed by atoms with Crippen molar-refractivity contribution in [2.24, 2.45) is 7.05 Å². The van der Waals surface area contributed by atoms with E-state index in [2.05, 4.69) is 20.1 Å².